The third-order valence-electron chi connectivity index (χ3n) is 7.62. The van der Waals surface area contributed by atoms with Gasteiger partial charge in [-0.15, -0.1) is 0 Å². The summed E-state index contributed by atoms with van der Waals surface area (Å²) in [6.07, 6.45) is -0.393. The number of rotatable bonds is 12. The van der Waals surface area contributed by atoms with Crippen molar-refractivity contribution in [2.24, 2.45) is 11.8 Å². The van der Waals surface area contributed by atoms with Gasteiger partial charge < -0.3 is 44.1 Å². The van der Waals surface area contributed by atoms with Gasteiger partial charge in [0, 0.05) is 17.4 Å². The van der Waals surface area contributed by atoms with Crippen LogP contribution in [0.1, 0.15) is 34.3 Å². The monoisotopic (exact) mass is 568 g/mol. The maximum Gasteiger partial charge on any atom is 0.309 e. The molecule has 3 aromatic carbocycles. The van der Waals surface area contributed by atoms with Crippen LogP contribution in [0.5, 0.6) is 34.5 Å². The largest absolute Gasteiger partial charge is 0.504 e. The second-order valence-electron chi connectivity index (χ2n) is 10.00. The van der Waals surface area contributed by atoms with E-state index in [1.807, 2.05) is 18.2 Å². The number of aliphatic hydroxyl groups is 2. The lowest BCUT2D eigenvalue weighted by Gasteiger charge is -2.25. The summed E-state index contributed by atoms with van der Waals surface area (Å²) >= 11 is 0. The fraction of sp³-hybridized carbons (Fsp3) is 0.387. The molecule has 1 aliphatic heterocycles. The standard InChI is InChI=1S/C31H36O10/c1-37-25-8-5-17(12-27(25)39-3)9-20-16-41-31(36)21(20)10-18-11-22(30(35)28(13-18)40-4)23(15-32)29(34)19-6-7-24(33)26(14-19)38-2/h5-8,11-14,20-21,23,29,32-35H,9-10,15-16H2,1-4H3/t20-,21-,23+,29+/m1/s1. The molecule has 10 nitrogen and oxygen atoms in total. The van der Waals surface area contributed by atoms with Crippen LogP contribution in [0.4, 0.5) is 0 Å². The van der Waals surface area contributed by atoms with E-state index in [1.54, 1.807) is 26.4 Å². The van der Waals surface area contributed by atoms with E-state index in [0.29, 0.717) is 35.5 Å². The number of hydrogen-bond donors (Lipinski definition) is 4. The number of phenolic OH excluding ortho intramolecular Hbond substituents is 2. The van der Waals surface area contributed by atoms with Gasteiger partial charge in [-0.3, -0.25) is 4.79 Å². The molecule has 0 aliphatic carbocycles. The van der Waals surface area contributed by atoms with Crippen molar-refractivity contribution < 1.29 is 48.9 Å². The van der Waals surface area contributed by atoms with Crippen LogP contribution in [0.3, 0.4) is 0 Å². The van der Waals surface area contributed by atoms with Crippen molar-refractivity contribution in [1.29, 1.82) is 0 Å². The third kappa shape index (κ3) is 6.28. The Kier molecular flexibility index (Phi) is 9.46. The Morgan fingerprint density at radius 2 is 1.51 bits per heavy atom. The average molecular weight is 569 g/mol. The average Bonchev–Trinajstić information content (AvgIpc) is 3.32. The molecule has 0 aromatic heterocycles. The first kappa shape index (κ1) is 29.8. The summed E-state index contributed by atoms with van der Waals surface area (Å²) in [6.45, 7) is -0.238. The number of benzene rings is 3. The van der Waals surface area contributed by atoms with E-state index in [4.69, 9.17) is 23.7 Å². The quantitative estimate of drug-likeness (QED) is 0.240. The molecule has 0 amide bonds. The van der Waals surface area contributed by atoms with Crippen molar-refractivity contribution in [2.75, 3.05) is 41.7 Å². The van der Waals surface area contributed by atoms with Gasteiger partial charge in [0.15, 0.2) is 34.5 Å². The van der Waals surface area contributed by atoms with Crippen molar-refractivity contribution in [3.05, 3.63) is 70.8 Å². The maximum atomic E-state index is 12.8. The van der Waals surface area contributed by atoms with Crippen molar-refractivity contribution in [3.63, 3.8) is 0 Å². The number of aliphatic hydroxyl groups excluding tert-OH is 2. The molecule has 0 spiro atoms. The molecule has 0 unspecified atom stereocenters. The van der Waals surface area contributed by atoms with Gasteiger partial charge in [0.1, 0.15) is 0 Å². The molecular formula is C31H36O10. The second-order valence-corrected chi connectivity index (χ2v) is 10.00. The molecule has 1 saturated heterocycles. The van der Waals surface area contributed by atoms with Crippen molar-refractivity contribution in [1.82, 2.24) is 0 Å². The first-order valence-corrected chi connectivity index (χ1v) is 13.2. The molecule has 220 valence electrons. The van der Waals surface area contributed by atoms with Crippen LogP contribution in [0, 0.1) is 11.8 Å². The number of phenols is 2. The van der Waals surface area contributed by atoms with Gasteiger partial charge in [-0.05, 0) is 59.9 Å². The Morgan fingerprint density at radius 1 is 0.829 bits per heavy atom. The summed E-state index contributed by atoms with van der Waals surface area (Å²) in [5.74, 6) is -0.658. The Morgan fingerprint density at radius 3 is 2.17 bits per heavy atom. The van der Waals surface area contributed by atoms with E-state index in [2.05, 4.69) is 0 Å². The number of methoxy groups -OCH3 is 4. The zero-order valence-corrected chi connectivity index (χ0v) is 23.5. The van der Waals surface area contributed by atoms with E-state index in [1.165, 1.54) is 32.4 Å². The molecule has 0 bridgehead atoms. The second kappa shape index (κ2) is 13.0. The highest BCUT2D eigenvalue weighted by Crippen LogP contribution is 2.43. The number of carbonyl (C=O) groups excluding carboxylic acids is 1. The number of cyclic esters (lactones) is 1. The van der Waals surface area contributed by atoms with Gasteiger partial charge in [0.05, 0.1) is 53.7 Å². The molecule has 3 aromatic rings. The van der Waals surface area contributed by atoms with Crippen LogP contribution in [0.15, 0.2) is 48.5 Å². The molecule has 4 atom stereocenters. The van der Waals surface area contributed by atoms with Crippen LogP contribution < -0.4 is 18.9 Å². The maximum absolute atomic E-state index is 12.8. The third-order valence-corrected chi connectivity index (χ3v) is 7.62. The van der Waals surface area contributed by atoms with Crippen molar-refractivity contribution >= 4 is 5.97 Å². The SMILES string of the molecule is COc1cc([C@H](O)[C@@H](CO)c2cc(C[C@H]3C(=O)OC[C@H]3Cc3ccc(OC)c(OC)c3)cc(OC)c2O)ccc1O. The van der Waals surface area contributed by atoms with Crippen LogP contribution in [-0.2, 0) is 22.4 Å². The smallest absolute Gasteiger partial charge is 0.309 e. The van der Waals surface area contributed by atoms with Crippen molar-refractivity contribution in [3.8, 4) is 34.5 Å². The Balaban J connectivity index is 1.63. The number of carbonyl (C=O) groups is 1. The van der Waals surface area contributed by atoms with Gasteiger partial charge in [-0.1, -0.05) is 18.2 Å². The van der Waals surface area contributed by atoms with Crippen molar-refractivity contribution in [2.45, 2.75) is 24.9 Å². The molecule has 4 N–H and O–H groups in total. The van der Waals surface area contributed by atoms with Gasteiger partial charge >= 0.3 is 5.97 Å². The fourth-order valence-corrected chi connectivity index (χ4v) is 5.34. The van der Waals surface area contributed by atoms with Gasteiger partial charge in [-0.2, -0.15) is 0 Å². The summed E-state index contributed by atoms with van der Waals surface area (Å²) in [4.78, 5) is 12.8. The zero-order valence-electron chi connectivity index (χ0n) is 23.5. The molecule has 41 heavy (non-hydrogen) atoms. The van der Waals surface area contributed by atoms with Gasteiger partial charge in [-0.25, -0.2) is 0 Å². The number of ether oxygens (including phenoxy) is 5. The minimum atomic E-state index is -1.25. The minimum absolute atomic E-state index is 0.0957. The lowest BCUT2D eigenvalue weighted by molar-refractivity contribution is -0.141. The van der Waals surface area contributed by atoms with E-state index in [9.17, 15) is 25.2 Å². The highest BCUT2D eigenvalue weighted by atomic mass is 16.5. The summed E-state index contributed by atoms with van der Waals surface area (Å²) in [5.41, 5.74) is 2.26. The number of hydrogen-bond acceptors (Lipinski definition) is 10. The van der Waals surface area contributed by atoms with Crippen LogP contribution in [0.25, 0.3) is 0 Å². The van der Waals surface area contributed by atoms with Crippen LogP contribution in [0.2, 0.25) is 0 Å². The van der Waals surface area contributed by atoms with E-state index in [0.717, 1.165) is 5.56 Å². The number of aromatic hydroxyl groups is 2. The predicted molar refractivity (Wildman–Crippen MR) is 149 cm³/mol. The summed E-state index contributed by atoms with van der Waals surface area (Å²) in [7, 11) is 5.93. The highest BCUT2D eigenvalue weighted by Gasteiger charge is 2.37. The van der Waals surface area contributed by atoms with E-state index >= 15 is 0 Å². The van der Waals surface area contributed by atoms with E-state index < -0.39 is 24.5 Å². The molecule has 1 heterocycles. The summed E-state index contributed by atoms with van der Waals surface area (Å²) in [5, 5.41) is 42.4. The lowest BCUT2D eigenvalue weighted by Crippen LogP contribution is -2.21. The lowest BCUT2D eigenvalue weighted by atomic mass is 9.83. The minimum Gasteiger partial charge on any atom is -0.504 e. The van der Waals surface area contributed by atoms with Crippen LogP contribution >= 0.6 is 0 Å². The fourth-order valence-electron chi connectivity index (χ4n) is 5.34. The molecule has 10 heteroatoms. The Hall–Kier alpha value is -4.15. The Bertz CT molecular complexity index is 1370. The highest BCUT2D eigenvalue weighted by molar-refractivity contribution is 5.75. The molecule has 4 rings (SSSR count). The van der Waals surface area contributed by atoms with Crippen LogP contribution in [-0.4, -0.2) is 68.0 Å². The first-order chi connectivity index (χ1) is 19.7. The van der Waals surface area contributed by atoms with E-state index in [-0.39, 0.29) is 47.1 Å². The van der Waals surface area contributed by atoms with Gasteiger partial charge in [0.25, 0.3) is 0 Å². The first-order valence-electron chi connectivity index (χ1n) is 13.2. The molecule has 1 fully saturated rings. The predicted octanol–water partition coefficient (Wildman–Crippen LogP) is 3.52. The Labute approximate surface area is 238 Å². The molecule has 0 saturated carbocycles. The molecular weight excluding hydrogens is 532 g/mol. The normalized spacial score (nSPS) is 18.0. The molecule has 1 aliphatic rings. The summed E-state index contributed by atoms with van der Waals surface area (Å²) < 4.78 is 26.7. The molecule has 0 radical (unpaired) electrons. The topological polar surface area (TPSA) is 144 Å². The number of esters is 1. The summed E-state index contributed by atoms with van der Waals surface area (Å²) in [6, 6.07) is 13.3. The van der Waals surface area contributed by atoms with Gasteiger partial charge in [0.2, 0.25) is 0 Å². The zero-order chi connectivity index (χ0) is 29.7.